The van der Waals surface area contributed by atoms with E-state index >= 15 is 0 Å². The second kappa shape index (κ2) is 5.57. The van der Waals surface area contributed by atoms with E-state index in [1.165, 1.54) is 0 Å². The monoisotopic (exact) mass is 309 g/mol. The van der Waals surface area contributed by atoms with Crippen LogP contribution in [-0.4, -0.2) is 35.2 Å². The fourth-order valence-corrected chi connectivity index (χ4v) is 3.06. The zero-order valence-electron chi connectivity index (χ0n) is 10.4. The van der Waals surface area contributed by atoms with Crippen LogP contribution in [0, 0.1) is 5.92 Å². The fraction of sp³-hybridized carbons (Fsp3) is 0.636. The van der Waals surface area contributed by atoms with E-state index in [0.29, 0.717) is 31.1 Å². The molecule has 1 aromatic heterocycles. The Kier molecular flexibility index (Phi) is 4.19. The standard InChI is InChI=1S/C11H14F3N3O2S/c12-11(13,14)7-5-20-10(16-7)17-3-1-6(2-4-17)8(18)9(15)19/h5-6,8,18H,1-4H2,(H2,15,19)/t8-/m1/s1. The average molecular weight is 309 g/mol. The molecule has 1 aliphatic rings. The molecule has 9 heteroatoms. The number of piperidine rings is 1. The number of carbonyl (C=O) groups excluding carboxylic acids is 1. The Labute approximate surface area is 117 Å². The number of hydrogen-bond donors (Lipinski definition) is 2. The summed E-state index contributed by atoms with van der Waals surface area (Å²) in [7, 11) is 0. The first-order valence-electron chi connectivity index (χ1n) is 6.04. The predicted octanol–water partition coefficient (Wildman–Crippen LogP) is 1.22. The second-order valence-electron chi connectivity index (χ2n) is 4.68. The van der Waals surface area contributed by atoms with Gasteiger partial charge in [-0.1, -0.05) is 0 Å². The summed E-state index contributed by atoms with van der Waals surface area (Å²) in [5, 5.41) is 10.9. The minimum absolute atomic E-state index is 0.245. The summed E-state index contributed by atoms with van der Waals surface area (Å²) < 4.78 is 37.4. The summed E-state index contributed by atoms with van der Waals surface area (Å²) in [4.78, 5) is 16.2. The summed E-state index contributed by atoms with van der Waals surface area (Å²) in [5.74, 6) is -1.01. The predicted molar refractivity (Wildman–Crippen MR) is 67.3 cm³/mol. The molecule has 1 atom stereocenters. The average Bonchev–Trinajstić information content (AvgIpc) is 2.87. The largest absolute Gasteiger partial charge is 0.434 e. The number of amides is 1. The first-order chi connectivity index (χ1) is 9.29. The summed E-state index contributed by atoms with van der Waals surface area (Å²) in [6.07, 6.45) is -4.65. The lowest BCUT2D eigenvalue weighted by Gasteiger charge is -2.33. The topological polar surface area (TPSA) is 79.5 Å². The van der Waals surface area contributed by atoms with Gasteiger partial charge in [-0.05, 0) is 18.8 Å². The zero-order valence-corrected chi connectivity index (χ0v) is 11.2. The van der Waals surface area contributed by atoms with Gasteiger partial charge < -0.3 is 15.7 Å². The van der Waals surface area contributed by atoms with Crippen LogP contribution in [0.25, 0.3) is 0 Å². The molecular formula is C11H14F3N3O2S. The van der Waals surface area contributed by atoms with Crippen LogP contribution in [-0.2, 0) is 11.0 Å². The number of carbonyl (C=O) groups is 1. The van der Waals surface area contributed by atoms with Crippen LogP contribution in [0.3, 0.4) is 0 Å². The molecule has 1 saturated heterocycles. The normalized spacial score (nSPS) is 19.1. The number of aromatic nitrogens is 1. The third kappa shape index (κ3) is 3.21. The molecule has 0 saturated carbocycles. The van der Waals surface area contributed by atoms with Gasteiger partial charge in [0.2, 0.25) is 5.91 Å². The van der Waals surface area contributed by atoms with E-state index in [1.54, 1.807) is 4.90 Å². The van der Waals surface area contributed by atoms with Crippen LogP contribution in [0.4, 0.5) is 18.3 Å². The van der Waals surface area contributed by atoms with Gasteiger partial charge in [0.25, 0.3) is 0 Å². The van der Waals surface area contributed by atoms with Crippen molar-refractivity contribution < 1.29 is 23.1 Å². The molecule has 1 fully saturated rings. The number of halogens is 3. The van der Waals surface area contributed by atoms with Crippen molar-refractivity contribution in [1.82, 2.24) is 4.98 Å². The minimum atomic E-state index is -4.44. The number of aliphatic hydroxyl groups excluding tert-OH is 1. The summed E-state index contributed by atoms with van der Waals surface area (Å²) in [5.41, 5.74) is 4.13. The summed E-state index contributed by atoms with van der Waals surface area (Å²) >= 11 is 0.940. The molecule has 1 aliphatic heterocycles. The molecule has 0 spiro atoms. The van der Waals surface area contributed by atoms with Crippen LogP contribution in [0.15, 0.2) is 5.38 Å². The number of hydrogen-bond acceptors (Lipinski definition) is 5. The third-order valence-electron chi connectivity index (χ3n) is 3.33. The Morgan fingerprint density at radius 1 is 1.50 bits per heavy atom. The van der Waals surface area contributed by atoms with Crippen molar-refractivity contribution in [2.75, 3.05) is 18.0 Å². The lowest BCUT2D eigenvalue weighted by molar-refractivity contribution is -0.140. The van der Waals surface area contributed by atoms with E-state index in [4.69, 9.17) is 5.73 Å². The van der Waals surface area contributed by atoms with Crippen molar-refractivity contribution in [2.45, 2.75) is 25.1 Å². The molecule has 0 unspecified atom stereocenters. The van der Waals surface area contributed by atoms with Gasteiger partial charge in [0, 0.05) is 18.5 Å². The Hall–Kier alpha value is -1.35. The highest BCUT2D eigenvalue weighted by atomic mass is 32.1. The minimum Gasteiger partial charge on any atom is -0.383 e. The molecule has 0 radical (unpaired) electrons. The van der Waals surface area contributed by atoms with E-state index in [2.05, 4.69) is 4.98 Å². The highest BCUT2D eigenvalue weighted by molar-refractivity contribution is 7.13. The number of rotatable bonds is 3. The lowest BCUT2D eigenvalue weighted by Crippen LogP contribution is -2.42. The summed E-state index contributed by atoms with van der Waals surface area (Å²) in [6.45, 7) is 0.889. The number of anilines is 1. The van der Waals surface area contributed by atoms with Gasteiger partial charge in [0.1, 0.15) is 6.10 Å². The van der Waals surface area contributed by atoms with Gasteiger partial charge in [0.05, 0.1) is 0 Å². The van der Waals surface area contributed by atoms with Crippen molar-refractivity contribution in [3.05, 3.63) is 11.1 Å². The van der Waals surface area contributed by atoms with Crippen LogP contribution in [0.1, 0.15) is 18.5 Å². The van der Waals surface area contributed by atoms with Crippen LogP contribution in [0.5, 0.6) is 0 Å². The van der Waals surface area contributed by atoms with Crippen molar-refractivity contribution in [2.24, 2.45) is 11.7 Å². The van der Waals surface area contributed by atoms with Gasteiger partial charge in [0.15, 0.2) is 10.8 Å². The Balaban J connectivity index is 1.97. The van der Waals surface area contributed by atoms with E-state index in [9.17, 15) is 23.1 Å². The van der Waals surface area contributed by atoms with Crippen LogP contribution in [0.2, 0.25) is 0 Å². The molecule has 2 rings (SSSR count). The molecule has 2 heterocycles. The molecule has 3 N–H and O–H groups in total. The highest BCUT2D eigenvalue weighted by Gasteiger charge is 2.35. The highest BCUT2D eigenvalue weighted by Crippen LogP contribution is 2.34. The Bertz CT molecular complexity index is 484. The van der Waals surface area contributed by atoms with Gasteiger partial charge in [-0.3, -0.25) is 4.79 Å². The third-order valence-corrected chi connectivity index (χ3v) is 4.23. The van der Waals surface area contributed by atoms with E-state index in [-0.39, 0.29) is 5.92 Å². The zero-order chi connectivity index (χ0) is 14.9. The quantitative estimate of drug-likeness (QED) is 0.880. The number of nitrogens with two attached hydrogens (primary N) is 1. The maximum Gasteiger partial charge on any atom is 0.434 e. The van der Waals surface area contributed by atoms with Gasteiger partial charge in [-0.2, -0.15) is 13.2 Å². The van der Waals surface area contributed by atoms with Gasteiger partial charge >= 0.3 is 6.18 Å². The van der Waals surface area contributed by atoms with Crippen molar-refractivity contribution in [3.8, 4) is 0 Å². The molecule has 0 bridgehead atoms. The molecule has 5 nitrogen and oxygen atoms in total. The molecule has 112 valence electrons. The smallest absolute Gasteiger partial charge is 0.383 e. The van der Waals surface area contributed by atoms with Gasteiger partial charge in [-0.15, -0.1) is 11.3 Å². The van der Waals surface area contributed by atoms with Gasteiger partial charge in [-0.25, -0.2) is 4.98 Å². The first kappa shape index (κ1) is 15.0. The number of primary amides is 1. The van der Waals surface area contributed by atoms with E-state index < -0.39 is 23.9 Å². The second-order valence-corrected chi connectivity index (χ2v) is 5.52. The van der Waals surface area contributed by atoms with Crippen molar-refractivity contribution in [1.29, 1.82) is 0 Å². The lowest BCUT2D eigenvalue weighted by atomic mass is 9.91. The molecule has 20 heavy (non-hydrogen) atoms. The maximum absolute atomic E-state index is 12.5. The molecule has 0 aliphatic carbocycles. The number of thiazole rings is 1. The van der Waals surface area contributed by atoms with Crippen molar-refractivity contribution in [3.63, 3.8) is 0 Å². The molecule has 1 aromatic rings. The number of nitrogens with zero attached hydrogens (tertiary/aromatic N) is 2. The van der Waals surface area contributed by atoms with E-state index in [0.717, 1.165) is 16.7 Å². The SMILES string of the molecule is NC(=O)[C@H](O)C1CCN(c2nc(C(F)(F)F)cs2)CC1. The first-order valence-corrected chi connectivity index (χ1v) is 6.92. The van der Waals surface area contributed by atoms with Crippen LogP contribution >= 0.6 is 11.3 Å². The Morgan fingerprint density at radius 2 is 2.10 bits per heavy atom. The number of alkyl halides is 3. The Morgan fingerprint density at radius 3 is 2.55 bits per heavy atom. The molecule has 1 amide bonds. The maximum atomic E-state index is 12.5. The summed E-state index contributed by atoms with van der Waals surface area (Å²) in [6, 6.07) is 0. The van der Waals surface area contributed by atoms with Crippen LogP contribution < -0.4 is 10.6 Å². The molecular weight excluding hydrogens is 295 g/mol. The molecule has 0 aromatic carbocycles. The van der Waals surface area contributed by atoms with Crippen molar-refractivity contribution >= 4 is 22.4 Å². The fourth-order valence-electron chi connectivity index (χ4n) is 2.18. The number of aliphatic hydroxyl groups is 1. The van der Waals surface area contributed by atoms with E-state index in [1.807, 2.05) is 0 Å².